The van der Waals surface area contributed by atoms with Crippen LogP contribution in [-0.4, -0.2) is 42.1 Å². The third-order valence-corrected chi connectivity index (χ3v) is 6.41. The van der Waals surface area contributed by atoms with E-state index in [0.29, 0.717) is 48.3 Å². The zero-order chi connectivity index (χ0) is 26.9. The number of nitrogens with two attached hydrogens (primary N) is 1. The fourth-order valence-corrected chi connectivity index (χ4v) is 4.60. The van der Waals surface area contributed by atoms with Gasteiger partial charge < -0.3 is 26.0 Å². The SMILES string of the molecule is Cc1c(NC(=O)c2cccc3cc(Oc4cc(N)ncn4)ccc23)ccc(N2CCNCC2)c1C(F)(F)F. The molecule has 4 N–H and O–H groups in total. The summed E-state index contributed by atoms with van der Waals surface area (Å²) in [7, 11) is 0. The number of nitrogens with one attached hydrogen (secondary N) is 2. The fourth-order valence-electron chi connectivity index (χ4n) is 4.60. The van der Waals surface area contributed by atoms with E-state index >= 15 is 0 Å². The maximum Gasteiger partial charge on any atom is 0.418 e. The maximum atomic E-state index is 14.1. The second-order valence-electron chi connectivity index (χ2n) is 8.89. The third-order valence-electron chi connectivity index (χ3n) is 6.41. The summed E-state index contributed by atoms with van der Waals surface area (Å²) in [6.07, 6.45) is -3.29. The molecule has 3 aromatic carbocycles. The van der Waals surface area contributed by atoms with Crippen molar-refractivity contribution in [1.82, 2.24) is 15.3 Å². The van der Waals surface area contributed by atoms with Crippen LogP contribution in [-0.2, 0) is 6.18 Å². The molecule has 0 atom stereocenters. The summed E-state index contributed by atoms with van der Waals surface area (Å²) < 4.78 is 48.2. The Morgan fingerprint density at radius 1 is 1.08 bits per heavy atom. The molecule has 196 valence electrons. The van der Waals surface area contributed by atoms with Gasteiger partial charge in [-0.15, -0.1) is 0 Å². The molecular weight excluding hydrogens is 497 g/mol. The number of ether oxygens (including phenoxy) is 1. The van der Waals surface area contributed by atoms with E-state index in [2.05, 4.69) is 20.6 Å². The van der Waals surface area contributed by atoms with Crippen molar-refractivity contribution in [2.45, 2.75) is 13.1 Å². The normalized spacial score (nSPS) is 13.9. The Bertz CT molecular complexity index is 1500. The molecule has 2 heterocycles. The van der Waals surface area contributed by atoms with Crippen LogP contribution in [0.25, 0.3) is 10.8 Å². The highest BCUT2D eigenvalue weighted by Crippen LogP contribution is 2.42. The van der Waals surface area contributed by atoms with E-state index in [1.165, 1.54) is 31.5 Å². The largest absolute Gasteiger partial charge is 0.439 e. The Labute approximate surface area is 216 Å². The number of nitrogen functional groups attached to an aromatic ring is 1. The lowest BCUT2D eigenvalue weighted by atomic mass is 10.0. The first-order valence-corrected chi connectivity index (χ1v) is 12.0. The Morgan fingerprint density at radius 2 is 1.87 bits per heavy atom. The first-order chi connectivity index (χ1) is 18.2. The number of piperazine rings is 1. The number of hydrogen-bond acceptors (Lipinski definition) is 7. The number of alkyl halides is 3. The number of carbonyl (C=O) groups excluding carboxylic acids is 1. The predicted octanol–water partition coefficient (Wildman–Crippen LogP) is 4.99. The highest BCUT2D eigenvalue weighted by atomic mass is 19.4. The van der Waals surface area contributed by atoms with Crippen LogP contribution < -0.4 is 26.0 Å². The number of amides is 1. The van der Waals surface area contributed by atoms with Crippen LogP contribution in [0.1, 0.15) is 21.5 Å². The smallest absolute Gasteiger partial charge is 0.418 e. The van der Waals surface area contributed by atoms with E-state index in [4.69, 9.17) is 10.5 Å². The molecular formula is C27H25F3N6O2. The molecule has 5 rings (SSSR count). The zero-order valence-corrected chi connectivity index (χ0v) is 20.5. The number of fused-ring (bicyclic) bond motifs is 1. The zero-order valence-electron chi connectivity index (χ0n) is 20.5. The molecule has 1 aliphatic rings. The Balaban J connectivity index is 1.44. The lowest BCUT2D eigenvalue weighted by molar-refractivity contribution is -0.137. The summed E-state index contributed by atoms with van der Waals surface area (Å²) in [6, 6.07) is 14.7. The molecule has 1 amide bonds. The van der Waals surface area contributed by atoms with Crippen molar-refractivity contribution >= 4 is 33.9 Å². The summed E-state index contributed by atoms with van der Waals surface area (Å²) >= 11 is 0. The van der Waals surface area contributed by atoms with Crippen molar-refractivity contribution in [3.63, 3.8) is 0 Å². The summed E-state index contributed by atoms with van der Waals surface area (Å²) in [4.78, 5) is 22.8. The van der Waals surface area contributed by atoms with E-state index in [1.807, 2.05) is 6.07 Å². The Hall–Kier alpha value is -4.38. The van der Waals surface area contributed by atoms with E-state index < -0.39 is 17.6 Å². The van der Waals surface area contributed by atoms with Gasteiger partial charge in [-0.25, -0.2) is 9.97 Å². The molecule has 0 unspecified atom stereocenters. The van der Waals surface area contributed by atoms with E-state index in [0.717, 1.165) is 0 Å². The third kappa shape index (κ3) is 5.18. The lowest BCUT2D eigenvalue weighted by Crippen LogP contribution is -2.44. The minimum Gasteiger partial charge on any atom is -0.439 e. The minimum absolute atomic E-state index is 0.0260. The number of nitrogens with zero attached hydrogens (tertiary/aromatic N) is 3. The van der Waals surface area contributed by atoms with Crippen LogP contribution in [0.2, 0.25) is 0 Å². The van der Waals surface area contributed by atoms with Gasteiger partial charge >= 0.3 is 6.18 Å². The molecule has 0 saturated carbocycles. The van der Waals surface area contributed by atoms with Crippen LogP contribution in [0, 0.1) is 6.92 Å². The van der Waals surface area contributed by atoms with Crippen molar-refractivity contribution in [3.05, 3.63) is 77.6 Å². The molecule has 0 aliphatic carbocycles. The van der Waals surface area contributed by atoms with E-state index in [1.54, 1.807) is 35.2 Å². The average molecular weight is 523 g/mol. The van der Waals surface area contributed by atoms with Crippen LogP contribution in [0.15, 0.2) is 60.9 Å². The predicted molar refractivity (Wildman–Crippen MR) is 140 cm³/mol. The second-order valence-corrected chi connectivity index (χ2v) is 8.89. The van der Waals surface area contributed by atoms with E-state index in [9.17, 15) is 18.0 Å². The van der Waals surface area contributed by atoms with Gasteiger partial charge in [0.05, 0.1) is 5.56 Å². The molecule has 8 nitrogen and oxygen atoms in total. The number of rotatable bonds is 5. The number of aromatic nitrogens is 2. The number of benzene rings is 3. The molecule has 1 aliphatic heterocycles. The van der Waals surface area contributed by atoms with Gasteiger partial charge in [0.1, 0.15) is 17.9 Å². The molecule has 0 bridgehead atoms. The monoisotopic (exact) mass is 522 g/mol. The Kier molecular flexibility index (Phi) is 6.77. The average Bonchev–Trinajstić information content (AvgIpc) is 2.89. The number of carbonyl (C=O) groups is 1. The Morgan fingerprint density at radius 3 is 2.61 bits per heavy atom. The topological polar surface area (TPSA) is 105 Å². The van der Waals surface area contributed by atoms with Gasteiger partial charge in [0.25, 0.3) is 5.91 Å². The van der Waals surface area contributed by atoms with Crippen molar-refractivity contribution < 1.29 is 22.7 Å². The van der Waals surface area contributed by atoms with E-state index in [-0.39, 0.29) is 28.6 Å². The first-order valence-electron chi connectivity index (χ1n) is 12.0. The van der Waals surface area contributed by atoms with Crippen molar-refractivity contribution in [1.29, 1.82) is 0 Å². The quantitative estimate of drug-likeness (QED) is 0.339. The van der Waals surface area contributed by atoms with Crippen LogP contribution >= 0.6 is 0 Å². The molecule has 0 radical (unpaired) electrons. The molecule has 11 heteroatoms. The summed E-state index contributed by atoms with van der Waals surface area (Å²) in [5.41, 5.74) is 5.46. The maximum absolute atomic E-state index is 14.1. The molecule has 1 aromatic heterocycles. The van der Waals surface area contributed by atoms with Gasteiger partial charge in [-0.1, -0.05) is 12.1 Å². The van der Waals surface area contributed by atoms with Crippen molar-refractivity contribution in [3.8, 4) is 11.6 Å². The van der Waals surface area contributed by atoms with Gasteiger partial charge in [0.15, 0.2) is 0 Å². The summed E-state index contributed by atoms with van der Waals surface area (Å²) in [5, 5.41) is 7.16. The molecule has 1 saturated heterocycles. The van der Waals surface area contributed by atoms with Gasteiger partial charge in [-0.05, 0) is 59.7 Å². The van der Waals surface area contributed by atoms with Crippen LogP contribution in [0.3, 0.4) is 0 Å². The van der Waals surface area contributed by atoms with Gasteiger partial charge in [0.2, 0.25) is 5.88 Å². The standard InChI is InChI=1S/C27H25F3N6O2/c1-16-21(7-8-22(25(16)27(28,29)30)36-11-9-32-10-12-36)35-26(37)20-4-2-3-17-13-18(5-6-19(17)20)38-24-14-23(31)33-15-34-24/h2-8,13-15,32H,9-12H2,1H3,(H,35,37)(H2,31,33,34). The van der Waals surface area contributed by atoms with Gasteiger partial charge in [-0.2, -0.15) is 13.2 Å². The number of hydrogen-bond donors (Lipinski definition) is 3. The van der Waals surface area contributed by atoms with Gasteiger partial charge in [0, 0.05) is 49.2 Å². The number of anilines is 3. The van der Waals surface area contributed by atoms with Crippen LogP contribution in [0.5, 0.6) is 11.6 Å². The first kappa shape index (κ1) is 25.3. The van der Waals surface area contributed by atoms with Gasteiger partial charge in [-0.3, -0.25) is 4.79 Å². The minimum atomic E-state index is -4.57. The molecule has 4 aromatic rings. The van der Waals surface area contributed by atoms with Crippen LogP contribution in [0.4, 0.5) is 30.4 Å². The fraction of sp³-hybridized carbons (Fsp3) is 0.222. The van der Waals surface area contributed by atoms with Crippen molar-refractivity contribution in [2.75, 3.05) is 42.1 Å². The summed E-state index contributed by atoms with van der Waals surface area (Å²) in [6.45, 7) is 3.55. The second kappa shape index (κ2) is 10.2. The molecule has 1 fully saturated rings. The number of halogens is 3. The summed E-state index contributed by atoms with van der Waals surface area (Å²) in [5.74, 6) is 0.493. The lowest BCUT2D eigenvalue weighted by Gasteiger charge is -2.32. The van der Waals surface area contributed by atoms with Crippen molar-refractivity contribution in [2.24, 2.45) is 0 Å². The highest BCUT2D eigenvalue weighted by Gasteiger charge is 2.38. The molecule has 38 heavy (non-hydrogen) atoms. The highest BCUT2D eigenvalue weighted by molar-refractivity contribution is 6.13. The molecule has 0 spiro atoms.